The summed E-state index contributed by atoms with van der Waals surface area (Å²) in [5.74, 6) is -0.156. The van der Waals surface area contributed by atoms with Gasteiger partial charge in [0.05, 0.1) is 0 Å². The minimum atomic E-state index is -0.156. The number of nitrogens with zero attached hydrogens (tertiary/aromatic N) is 1. The van der Waals surface area contributed by atoms with Crippen LogP contribution in [0.5, 0.6) is 0 Å². The normalized spacial score (nSPS) is 10.5. The van der Waals surface area contributed by atoms with Crippen molar-refractivity contribution < 1.29 is 8.96 Å². The van der Waals surface area contributed by atoms with E-state index >= 15 is 0 Å². The van der Waals surface area contributed by atoms with Gasteiger partial charge in [-0.15, -0.1) is 0 Å². The summed E-state index contributed by atoms with van der Waals surface area (Å²) in [7, 11) is 1.94. The van der Waals surface area contributed by atoms with E-state index in [1.54, 1.807) is 13.0 Å². The molecule has 0 N–H and O–H groups in total. The quantitative estimate of drug-likeness (QED) is 0.645. The number of halogens is 1. The van der Waals surface area contributed by atoms with Crippen LogP contribution in [0.3, 0.4) is 0 Å². The second-order valence-electron chi connectivity index (χ2n) is 4.12. The van der Waals surface area contributed by atoms with E-state index in [4.69, 9.17) is 0 Å². The van der Waals surface area contributed by atoms with Gasteiger partial charge in [-0.05, 0) is 25.5 Å². The van der Waals surface area contributed by atoms with Gasteiger partial charge in [0.15, 0.2) is 6.20 Å². The number of aryl methyl sites for hydroxylation is 3. The Kier molecular flexibility index (Phi) is 2.73. The lowest BCUT2D eigenvalue weighted by Crippen LogP contribution is -2.31. The summed E-state index contributed by atoms with van der Waals surface area (Å²) >= 11 is 0. The third-order valence-electron chi connectivity index (χ3n) is 2.83. The van der Waals surface area contributed by atoms with Crippen molar-refractivity contribution in [2.45, 2.75) is 13.8 Å². The highest BCUT2D eigenvalue weighted by Gasteiger charge is 2.14. The van der Waals surface area contributed by atoms with E-state index in [0.29, 0.717) is 5.56 Å². The minimum absolute atomic E-state index is 0.156. The largest absolute Gasteiger partial charge is 0.215 e. The Hall–Kier alpha value is -1.70. The lowest BCUT2D eigenvalue weighted by Gasteiger charge is -2.05. The first-order valence-electron chi connectivity index (χ1n) is 5.31. The number of benzene rings is 1. The molecule has 2 heteroatoms. The number of hydrogen-bond donors (Lipinski definition) is 0. The molecule has 0 saturated carbocycles. The summed E-state index contributed by atoms with van der Waals surface area (Å²) in [6, 6.07) is 9.60. The van der Waals surface area contributed by atoms with Gasteiger partial charge in [-0.2, -0.15) is 0 Å². The summed E-state index contributed by atoms with van der Waals surface area (Å²) in [6.45, 7) is 3.81. The molecule has 0 saturated heterocycles. The maximum Gasteiger partial charge on any atom is 0.215 e. The Morgan fingerprint density at radius 2 is 1.75 bits per heavy atom. The molecule has 0 unspecified atom stereocenters. The third kappa shape index (κ3) is 1.83. The van der Waals surface area contributed by atoms with Crippen LogP contribution in [0.15, 0.2) is 36.5 Å². The van der Waals surface area contributed by atoms with Crippen LogP contribution in [0.25, 0.3) is 11.3 Å². The number of hydrogen-bond acceptors (Lipinski definition) is 0. The van der Waals surface area contributed by atoms with Crippen molar-refractivity contribution in [1.82, 2.24) is 0 Å². The third-order valence-corrected chi connectivity index (χ3v) is 2.83. The van der Waals surface area contributed by atoms with Crippen LogP contribution in [-0.4, -0.2) is 0 Å². The molecule has 1 aromatic heterocycles. The SMILES string of the molecule is Cc1c[n+](C)c(-c2ccccc2C)cc1F. The van der Waals surface area contributed by atoms with E-state index in [2.05, 4.69) is 0 Å². The van der Waals surface area contributed by atoms with Crippen molar-refractivity contribution in [2.24, 2.45) is 7.05 Å². The van der Waals surface area contributed by atoms with Gasteiger partial charge >= 0.3 is 0 Å². The first-order valence-corrected chi connectivity index (χ1v) is 5.31. The summed E-state index contributed by atoms with van der Waals surface area (Å²) in [6.07, 6.45) is 1.82. The van der Waals surface area contributed by atoms with Crippen molar-refractivity contribution in [2.75, 3.05) is 0 Å². The molecule has 0 aliphatic carbocycles. The first kappa shape index (κ1) is 10.8. The lowest BCUT2D eigenvalue weighted by atomic mass is 10.0. The summed E-state index contributed by atoms with van der Waals surface area (Å²) in [4.78, 5) is 0. The molecule has 0 spiro atoms. The van der Waals surface area contributed by atoms with E-state index in [-0.39, 0.29) is 5.82 Å². The average molecular weight is 216 g/mol. The summed E-state index contributed by atoms with van der Waals surface area (Å²) in [5, 5.41) is 0. The van der Waals surface area contributed by atoms with Gasteiger partial charge in [0, 0.05) is 17.2 Å². The van der Waals surface area contributed by atoms with E-state index < -0.39 is 0 Å². The van der Waals surface area contributed by atoms with E-state index in [1.807, 2.05) is 49.0 Å². The van der Waals surface area contributed by atoms with Crippen molar-refractivity contribution in [1.29, 1.82) is 0 Å². The zero-order valence-corrected chi connectivity index (χ0v) is 9.79. The van der Waals surface area contributed by atoms with Gasteiger partial charge in [0.1, 0.15) is 12.9 Å². The van der Waals surface area contributed by atoms with Gasteiger partial charge < -0.3 is 0 Å². The zero-order chi connectivity index (χ0) is 11.7. The second kappa shape index (κ2) is 4.05. The van der Waals surface area contributed by atoms with Crippen LogP contribution >= 0.6 is 0 Å². The highest BCUT2D eigenvalue weighted by molar-refractivity contribution is 5.60. The molecule has 2 rings (SSSR count). The molecule has 0 aliphatic heterocycles. The monoisotopic (exact) mass is 216 g/mol. The molecule has 0 radical (unpaired) electrons. The lowest BCUT2D eigenvalue weighted by molar-refractivity contribution is -0.661. The predicted molar refractivity (Wildman–Crippen MR) is 62.5 cm³/mol. The van der Waals surface area contributed by atoms with Crippen LogP contribution in [-0.2, 0) is 7.05 Å². The van der Waals surface area contributed by atoms with Gasteiger partial charge in [-0.3, -0.25) is 0 Å². The fraction of sp³-hybridized carbons (Fsp3) is 0.214. The van der Waals surface area contributed by atoms with Crippen LogP contribution < -0.4 is 4.57 Å². The smallest absolute Gasteiger partial charge is 0.206 e. The van der Waals surface area contributed by atoms with E-state index in [9.17, 15) is 4.39 Å². The Morgan fingerprint density at radius 3 is 2.44 bits per heavy atom. The van der Waals surface area contributed by atoms with Crippen molar-refractivity contribution >= 4 is 0 Å². The van der Waals surface area contributed by atoms with Crippen molar-refractivity contribution in [3.05, 3.63) is 53.5 Å². The molecule has 0 bridgehead atoms. The fourth-order valence-electron chi connectivity index (χ4n) is 1.89. The first-order chi connectivity index (χ1) is 7.59. The van der Waals surface area contributed by atoms with E-state index in [0.717, 1.165) is 16.8 Å². The highest BCUT2D eigenvalue weighted by Crippen LogP contribution is 2.20. The summed E-state index contributed by atoms with van der Waals surface area (Å²) < 4.78 is 15.5. The second-order valence-corrected chi connectivity index (χ2v) is 4.12. The molecule has 0 aliphatic rings. The van der Waals surface area contributed by atoms with Gasteiger partial charge in [0.2, 0.25) is 5.69 Å². The molecule has 0 amide bonds. The Balaban J connectivity index is 2.65. The standard InChI is InChI=1S/C14H15FN/c1-10-6-4-5-7-12(10)14-8-13(15)11(2)9-16(14)3/h4-9H,1-3H3/q+1. The molecule has 1 nitrogen and oxygen atoms in total. The maximum atomic E-state index is 13.6. The topological polar surface area (TPSA) is 3.88 Å². The van der Waals surface area contributed by atoms with Crippen LogP contribution in [0, 0.1) is 19.7 Å². The number of rotatable bonds is 1. The minimum Gasteiger partial charge on any atom is -0.206 e. The van der Waals surface area contributed by atoms with Gasteiger partial charge in [-0.1, -0.05) is 18.2 Å². The fourth-order valence-corrected chi connectivity index (χ4v) is 1.89. The highest BCUT2D eigenvalue weighted by atomic mass is 19.1. The van der Waals surface area contributed by atoms with Crippen molar-refractivity contribution in [3.8, 4) is 11.3 Å². The molecular formula is C14H15FN+. The number of aromatic nitrogens is 1. The average Bonchev–Trinajstić information content (AvgIpc) is 2.25. The van der Waals surface area contributed by atoms with Crippen molar-refractivity contribution in [3.63, 3.8) is 0 Å². The Bertz CT molecular complexity index is 532. The Labute approximate surface area is 95.2 Å². The van der Waals surface area contributed by atoms with Crippen LogP contribution in [0.2, 0.25) is 0 Å². The van der Waals surface area contributed by atoms with Crippen LogP contribution in [0.4, 0.5) is 4.39 Å². The van der Waals surface area contributed by atoms with Gasteiger partial charge in [0.25, 0.3) is 0 Å². The number of pyridine rings is 1. The summed E-state index contributed by atoms with van der Waals surface area (Å²) in [5.41, 5.74) is 3.80. The molecule has 0 atom stereocenters. The van der Waals surface area contributed by atoms with Gasteiger partial charge in [-0.25, -0.2) is 8.96 Å². The predicted octanol–water partition coefficient (Wildman–Crippen LogP) is 2.93. The van der Waals surface area contributed by atoms with Crippen LogP contribution in [0.1, 0.15) is 11.1 Å². The molecule has 82 valence electrons. The molecule has 1 heterocycles. The maximum absolute atomic E-state index is 13.6. The molecular weight excluding hydrogens is 201 g/mol. The zero-order valence-electron chi connectivity index (χ0n) is 9.79. The molecule has 1 aromatic carbocycles. The molecule has 2 aromatic rings. The Morgan fingerprint density at radius 1 is 1.06 bits per heavy atom. The molecule has 0 fully saturated rings. The van der Waals surface area contributed by atoms with E-state index in [1.165, 1.54) is 0 Å². The molecule has 16 heavy (non-hydrogen) atoms.